The monoisotopic (exact) mass is 187 g/mol. The maximum atomic E-state index is 4.16. The summed E-state index contributed by atoms with van der Waals surface area (Å²) in [5.41, 5.74) is 4.06. The Hall–Kier alpha value is -1.41. The summed E-state index contributed by atoms with van der Waals surface area (Å²) in [6.07, 6.45) is 4.08. The average molecular weight is 187 g/mol. The molecule has 0 saturated carbocycles. The molecule has 1 aromatic heterocycles. The fraction of sp³-hybridized carbons (Fsp3) is 0. The van der Waals surface area contributed by atoms with E-state index >= 15 is 0 Å². The van der Waals surface area contributed by atoms with Gasteiger partial charge in [-0.25, -0.2) is 4.98 Å². The number of hydrogen-bond acceptors (Lipinski definition) is 2. The minimum absolute atomic E-state index is 1.02. The molecule has 0 aliphatic heterocycles. The third-order valence-electron chi connectivity index (χ3n) is 1.70. The van der Waals surface area contributed by atoms with E-state index in [1.807, 2.05) is 35.2 Å². The zero-order valence-corrected chi connectivity index (χ0v) is 7.87. The van der Waals surface area contributed by atoms with Crippen molar-refractivity contribution in [3.05, 3.63) is 52.5 Å². The Balaban J connectivity index is 2.15. The third kappa shape index (κ3) is 2.26. The standard InChI is InChI=1S/C11H9NS/c1-2-4-10(5-3-1)6-7-11-8-13-9-12-11/h1-9H/b7-6+. The number of aromatic nitrogens is 1. The van der Waals surface area contributed by atoms with Gasteiger partial charge in [-0.3, -0.25) is 0 Å². The van der Waals surface area contributed by atoms with Gasteiger partial charge in [-0.15, -0.1) is 11.3 Å². The smallest absolute Gasteiger partial charge is 0.0798 e. The molecule has 0 atom stereocenters. The first-order valence-corrected chi connectivity index (χ1v) is 5.01. The molecule has 0 fully saturated rings. The predicted molar refractivity (Wildman–Crippen MR) is 57.5 cm³/mol. The molecule has 1 nitrogen and oxygen atoms in total. The lowest BCUT2D eigenvalue weighted by Crippen LogP contribution is -1.70. The number of nitrogens with zero attached hydrogens (tertiary/aromatic N) is 1. The van der Waals surface area contributed by atoms with Crippen LogP contribution >= 0.6 is 11.3 Å². The van der Waals surface area contributed by atoms with Gasteiger partial charge in [0.1, 0.15) is 0 Å². The number of hydrogen-bond donors (Lipinski definition) is 0. The molecule has 0 saturated heterocycles. The van der Waals surface area contributed by atoms with Crippen LogP contribution in [0.15, 0.2) is 41.2 Å². The molecule has 1 aromatic carbocycles. The highest BCUT2D eigenvalue weighted by molar-refractivity contribution is 7.07. The fourth-order valence-electron chi connectivity index (χ4n) is 1.05. The Kier molecular flexibility index (Phi) is 2.53. The largest absolute Gasteiger partial charge is 0.245 e. The van der Waals surface area contributed by atoms with Crippen molar-refractivity contribution in [2.75, 3.05) is 0 Å². The van der Waals surface area contributed by atoms with Crippen LogP contribution in [0.4, 0.5) is 0 Å². The zero-order valence-electron chi connectivity index (χ0n) is 7.05. The van der Waals surface area contributed by atoms with Crippen LogP contribution in [0.1, 0.15) is 11.3 Å². The molecule has 0 N–H and O–H groups in total. The first kappa shape index (κ1) is 8.20. The summed E-state index contributed by atoms with van der Waals surface area (Å²) >= 11 is 1.61. The molecule has 64 valence electrons. The number of rotatable bonds is 2. The van der Waals surface area contributed by atoms with Crippen LogP contribution in [0.2, 0.25) is 0 Å². The highest BCUT2D eigenvalue weighted by Crippen LogP contribution is 2.07. The van der Waals surface area contributed by atoms with Crippen molar-refractivity contribution < 1.29 is 0 Å². The van der Waals surface area contributed by atoms with Crippen LogP contribution < -0.4 is 0 Å². The van der Waals surface area contributed by atoms with E-state index in [9.17, 15) is 0 Å². The molecule has 0 spiro atoms. The summed E-state index contributed by atoms with van der Waals surface area (Å²) in [4.78, 5) is 4.16. The van der Waals surface area contributed by atoms with Crippen molar-refractivity contribution in [2.24, 2.45) is 0 Å². The lowest BCUT2D eigenvalue weighted by Gasteiger charge is -1.89. The summed E-state index contributed by atoms with van der Waals surface area (Å²) in [7, 11) is 0. The van der Waals surface area contributed by atoms with E-state index in [2.05, 4.69) is 23.2 Å². The Morgan fingerprint density at radius 3 is 2.62 bits per heavy atom. The molecule has 13 heavy (non-hydrogen) atoms. The highest BCUT2D eigenvalue weighted by Gasteiger charge is 1.87. The van der Waals surface area contributed by atoms with Gasteiger partial charge in [0.2, 0.25) is 0 Å². The lowest BCUT2D eigenvalue weighted by molar-refractivity contribution is 1.39. The van der Waals surface area contributed by atoms with Crippen molar-refractivity contribution in [3.63, 3.8) is 0 Å². The van der Waals surface area contributed by atoms with E-state index in [1.165, 1.54) is 5.56 Å². The number of benzene rings is 1. The molecule has 0 bridgehead atoms. The Bertz CT molecular complexity index is 376. The Morgan fingerprint density at radius 1 is 1.08 bits per heavy atom. The first-order valence-electron chi connectivity index (χ1n) is 4.06. The van der Waals surface area contributed by atoms with Crippen LogP contribution in [0, 0.1) is 0 Å². The fourth-order valence-corrected chi connectivity index (χ4v) is 1.57. The number of thiazole rings is 1. The molecule has 0 unspecified atom stereocenters. The van der Waals surface area contributed by atoms with Crippen LogP contribution in [0.3, 0.4) is 0 Å². The molecule has 2 heteroatoms. The second-order valence-corrected chi connectivity index (χ2v) is 3.38. The minimum Gasteiger partial charge on any atom is -0.245 e. The van der Waals surface area contributed by atoms with Gasteiger partial charge in [0.05, 0.1) is 11.2 Å². The van der Waals surface area contributed by atoms with Crippen LogP contribution in [0.25, 0.3) is 12.2 Å². The van der Waals surface area contributed by atoms with Crippen LogP contribution in [0.5, 0.6) is 0 Å². The van der Waals surface area contributed by atoms with E-state index < -0.39 is 0 Å². The molecule has 0 radical (unpaired) electrons. The summed E-state index contributed by atoms with van der Waals surface area (Å²) in [6, 6.07) is 10.2. The van der Waals surface area contributed by atoms with E-state index in [1.54, 1.807) is 11.3 Å². The molecule has 0 aliphatic rings. The third-order valence-corrected chi connectivity index (χ3v) is 2.30. The average Bonchev–Trinajstić information content (AvgIpc) is 2.69. The summed E-state index contributed by atoms with van der Waals surface area (Å²) in [6.45, 7) is 0. The van der Waals surface area contributed by atoms with Crippen molar-refractivity contribution in [1.82, 2.24) is 4.98 Å². The van der Waals surface area contributed by atoms with E-state index in [0.29, 0.717) is 0 Å². The van der Waals surface area contributed by atoms with E-state index in [4.69, 9.17) is 0 Å². The van der Waals surface area contributed by atoms with E-state index in [-0.39, 0.29) is 0 Å². The van der Waals surface area contributed by atoms with Crippen LogP contribution in [-0.4, -0.2) is 4.98 Å². The van der Waals surface area contributed by atoms with Crippen molar-refractivity contribution in [2.45, 2.75) is 0 Å². The van der Waals surface area contributed by atoms with Crippen molar-refractivity contribution in [3.8, 4) is 0 Å². The molecule has 2 aromatic rings. The second-order valence-electron chi connectivity index (χ2n) is 2.66. The van der Waals surface area contributed by atoms with Crippen molar-refractivity contribution in [1.29, 1.82) is 0 Å². The second kappa shape index (κ2) is 4.01. The zero-order chi connectivity index (χ0) is 8.93. The first-order chi connectivity index (χ1) is 6.45. The van der Waals surface area contributed by atoms with Gasteiger partial charge in [-0.05, 0) is 11.6 Å². The Morgan fingerprint density at radius 2 is 1.92 bits per heavy atom. The Labute approximate surface area is 81.4 Å². The SMILES string of the molecule is C(=C\c1cscn1)/c1ccccc1. The highest BCUT2D eigenvalue weighted by atomic mass is 32.1. The summed E-state index contributed by atoms with van der Waals surface area (Å²) in [5.74, 6) is 0. The topological polar surface area (TPSA) is 12.9 Å². The van der Waals surface area contributed by atoms with Crippen molar-refractivity contribution >= 4 is 23.5 Å². The van der Waals surface area contributed by atoms with Gasteiger partial charge in [-0.2, -0.15) is 0 Å². The molecule has 2 rings (SSSR count). The lowest BCUT2D eigenvalue weighted by atomic mass is 10.2. The minimum atomic E-state index is 1.02. The quantitative estimate of drug-likeness (QED) is 0.702. The summed E-state index contributed by atoms with van der Waals surface area (Å²) < 4.78 is 0. The molecule has 0 amide bonds. The molecular formula is C11H9NS. The van der Waals surface area contributed by atoms with E-state index in [0.717, 1.165) is 5.69 Å². The maximum absolute atomic E-state index is 4.16. The van der Waals surface area contributed by atoms with Crippen LogP contribution in [-0.2, 0) is 0 Å². The van der Waals surface area contributed by atoms with Gasteiger partial charge < -0.3 is 0 Å². The van der Waals surface area contributed by atoms with Gasteiger partial charge in [-0.1, -0.05) is 36.4 Å². The molecule has 0 aliphatic carbocycles. The van der Waals surface area contributed by atoms with Gasteiger partial charge in [0.15, 0.2) is 0 Å². The predicted octanol–water partition coefficient (Wildman–Crippen LogP) is 3.31. The van der Waals surface area contributed by atoms with Gasteiger partial charge >= 0.3 is 0 Å². The van der Waals surface area contributed by atoms with Gasteiger partial charge in [0.25, 0.3) is 0 Å². The maximum Gasteiger partial charge on any atom is 0.0798 e. The van der Waals surface area contributed by atoms with Gasteiger partial charge in [0, 0.05) is 5.38 Å². The molecular weight excluding hydrogens is 178 g/mol. The molecule has 1 heterocycles. The normalized spacial score (nSPS) is 10.8. The summed E-state index contributed by atoms with van der Waals surface area (Å²) in [5, 5.41) is 2.03.